The van der Waals surface area contributed by atoms with Gasteiger partial charge in [-0.3, -0.25) is 0 Å². The molecule has 2 unspecified atom stereocenters. The number of nitrogens with zero attached hydrogens (tertiary/aromatic N) is 3. The molecule has 2 aromatic heterocycles. The van der Waals surface area contributed by atoms with E-state index in [0.717, 1.165) is 38.6 Å². The fourth-order valence-electron chi connectivity index (χ4n) is 5.92. The molecule has 0 saturated heterocycles. The number of aromatic nitrogens is 3. The maximum absolute atomic E-state index is 6.42. The summed E-state index contributed by atoms with van der Waals surface area (Å²) >= 11 is 0. The first-order valence-electron chi connectivity index (χ1n) is 14.3. The Labute approximate surface area is 245 Å². The van der Waals surface area contributed by atoms with Crippen molar-refractivity contribution in [1.29, 1.82) is 0 Å². The van der Waals surface area contributed by atoms with Gasteiger partial charge in [-0.15, -0.1) is 0 Å². The van der Waals surface area contributed by atoms with Crippen molar-refractivity contribution in [2.75, 3.05) is 0 Å². The van der Waals surface area contributed by atoms with Gasteiger partial charge in [-0.05, 0) is 32.4 Å². The molecule has 42 heavy (non-hydrogen) atoms. The Morgan fingerprint density at radius 2 is 1.36 bits per heavy atom. The second kappa shape index (κ2) is 10.1. The number of rotatable bonds is 4. The molecule has 0 bridgehead atoms. The van der Waals surface area contributed by atoms with E-state index >= 15 is 0 Å². The van der Waals surface area contributed by atoms with Crippen LogP contribution in [0.3, 0.4) is 0 Å². The van der Waals surface area contributed by atoms with Gasteiger partial charge in [0.1, 0.15) is 17.0 Å². The Morgan fingerprint density at radius 1 is 0.619 bits per heavy atom. The predicted molar refractivity (Wildman–Crippen MR) is 172 cm³/mol. The van der Waals surface area contributed by atoms with E-state index in [-0.39, 0.29) is 5.41 Å². The molecule has 4 nitrogen and oxygen atoms in total. The summed E-state index contributed by atoms with van der Waals surface area (Å²) in [5, 5.41) is 2.24. The van der Waals surface area contributed by atoms with E-state index in [2.05, 4.69) is 123 Å². The van der Waals surface area contributed by atoms with E-state index in [4.69, 9.17) is 19.4 Å². The minimum Gasteiger partial charge on any atom is -0.456 e. The number of aryl methyl sites for hydroxylation is 1. The molecule has 4 heteroatoms. The van der Waals surface area contributed by atoms with Crippen molar-refractivity contribution in [1.82, 2.24) is 15.0 Å². The lowest BCUT2D eigenvalue weighted by molar-refractivity contribution is 0.646. The van der Waals surface area contributed by atoms with Crippen molar-refractivity contribution in [3.05, 3.63) is 162 Å². The lowest BCUT2D eigenvalue weighted by Gasteiger charge is -2.23. The van der Waals surface area contributed by atoms with E-state index in [1.54, 1.807) is 0 Å². The van der Waals surface area contributed by atoms with Crippen molar-refractivity contribution < 1.29 is 4.42 Å². The van der Waals surface area contributed by atoms with Crippen LogP contribution in [0.15, 0.2) is 138 Å². The summed E-state index contributed by atoms with van der Waals surface area (Å²) in [6.07, 6.45) is 21.4. The maximum atomic E-state index is 6.42. The van der Waals surface area contributed by atoms with E-state index in [9.17, 15) is 0 Å². The first-order chi connectivity index (χ1) is 20.4. The smallest absolute Gasteiger partial charge is 0.163 e. The van der Waals surface area contributed by atoms with Crippen LogP contribution >= 0.6 is 0 Å². The molecule has 3 aromatic carbocycles. The lowest BCUT2D eigenvalue weighted by Crippen LogP contribution is -2.17. The third-order valence-corrected chi connectivity index (χ3v) is 8.26. The van der Waals surface area contributed by atoms with E-state index in [0.29, 0.717) is 17.5 Å². The number of hydrogen-bond donors (Lipinski definition) is 0. The van der Waals surface area contributed by atoms with Gasteiger partial charge in [0.2, 0.25) is 0 Å². The first-order valence-corrected chi connectivity index (χ1v) is 14.3. The zero-order chi connectivity index (χ0) is 28.7. The Balaban J connectivity index is 1.29. The van der Waals surface area contributed by atoms with Crippen LogP contribution in [0.1, 0.15) is 42.4 Å². The molecule has 0 radical (unpaired) electrons. The average Bonchev–Trinajstić information content (AvgIpc) is 3.11. The van der Waals surface area contributed by atoms with Gasteiger partial charge in [0.05, 0.1) is 0 Å². The van der Waals surface area contributed by atoms with Crippen molar-refractivity contribution in [3.8, 4) is 0 Å². The minimum atomic E-state index is -0.450. The highest BCUT2D eigenvalue weighted by Crippen LogP contribution is 2.40. The standard InChI is InChI=1S/C38H31N3O/c1-26-39-35(27-14-12-23-37(2,24-21-27)29-15-5-4-6-16-29)41-36(40-26)28-13-9-10-22-38(3,25-28)32-19-11-18-31-30-17-7-8-20-33(30)42-34(31)32/h4-25H,1-3H3. The van der Waals surface area contributed by atoms with Crippen molar-refractivity contribution >= 4 is 33.1 Å². The van der Waals surface area contributed by atoms with E-state index in [1.165, 1.54) is 5.56 Å². The molecule has 5 aromatic rings. The largest absolute Gasteiger partial charge is 0.456 e. The average molecular weight is 546 g/mol. The molecule has 0 fully saturated rings. The number of para-hydroxylation sites is 2. The number of furan rings is 1. The summed E-state index contributed by atoms with van der Waals surface area (Å²) < 4.78 is 6.42. The van der Waals surface area contributed by atoms with Crippen molar-refractivity contribution in [3.63, 3.8) is 0 Å². The summed E-state index contributed by atoms with van der Waals surface area (Å²) in [6.45, 7) is 6.35. The number of allylic oxidation sites excluding steroid dienone is 12. The van der Waals surface area contributed by atoms with Gasteiger partial charge >= 0.3 is 0 Å². The Kier molecular flexibility index (Phi) is 6.20. The van der Waals surface area contributed by atoms with Crippen LogP contribution in [0.4, 0.5) is 0 Å². The van der Waals surface area contributed by atoms with Crippen molar-refractivity contribution in [2.45, 2.75) is 31.6 Å². The Morgan fingerprint density at radius 3 is 2.21 bits per heavy atom. The van der Waals surface area contributed by atoms with Crippen LogP contribution in [0.2, 0.25) is 0 Å². The normalized spacial score (nSPS) is 21.8. The topological polar surface area (TPSA) is 51.8 Å². The fraction of sp³-hybridized carbons (Fsp3) is 0.132. The molecule has 0 spiro atoms. The molecule has 204 valence electrons. The summed E-state index contributed by atoms with van der Waals surface area (Å²) in [5.74, 6) is 1.98. The molecule has 0 amide bonds. The van der Waals surface area contributed by atoms with Crippen LogP contribution < -0.4 is 0 Å². The molecule has 2 heterocycles. The summed E-state index contributed by atoms with van der Waals surface area (Å²) in [5.41, 5.74) is 5.34. The Hall–Kier alpha value is -5.09. The molecule has 0 aliphatic heterocycles. The third-order valence-electron chi connectivity index (χ3n) is 8.26. The van der Waals surface area contributed by atoms with E-state index in [1.807, 2.05) is 31.2 Å². The molecular formula is C38H31N3O. The molecule has 0 N–H and O–H groups in total. The minimum absolute atomic E-state index is 0.220. The highest BCUT2D eigenvalue weighted by molar-refractivity contribution is 6.06. The summed E-state index contributed by atoms with van der Waals surface area (Å²) in [7, 11) is 0. The molecule has 2 aliphatic carbocycles. The van der Waals surface area contributed by atoms with Gasteiger partial charge in [-0.1, -0.05) is 127 Å². The molecular weight excluding hydrogens is 514 g/mol. The van der Waals surface area contributed by atoms with Crippen LogP contribution in [-0.4, -0.2) is 15.0 Å². The van der Waals surface area contributed by atoms with Crippen LogP contribution in [-0.2, 0) is 10.8 Å². The number of benzene rings is 3. The highest BCUT2D eigenvalue weighted by Gasteiger charge is 2.28. The quantitative estimate of drug-likeness (QED) is 0.226. The first kappa shape index (κ1) is 25.8. The zero-order valence-corrected chi connectivity index (χ0v) is 24.0. The lowest BCUT2D eigenvalue weighted by atomic mass is 9.80. The maximum Gasteiger partial charge on any atom is 0.163 e. The fourth-order valence-corrected chi connectivity index (χ4v) is 5.92. The monoisotopic (exact) mass is 545 g/mol. The SMILES string of the molecule is Cc1nc(C2=CC=CC(C)(c3ccccc3)C=C2)nc(C2=CC(C)(c3cccc4c3oc3ccccc34)C=CC=C2)n1. The van der Waals surface area contributed by atoms with Gasteiger partial charge in [-0.2, -0.15) is 0 Å². The third kappa shape index (κ3) is 4.55. The van der Waals surface area contributed by atoms with Crippen LogP contribution in [0.5, 0.6) is 0 Å². The van der Waals surface area contributed by atoms with Gasteiger partial charge in [0, 0.05) is 38.3 Å². The van der Waals surface area contributed by atoms with Crippen molar-refractivity contribution in [2.24, 2.45) is 0 Å². The second-order valence-corrected chi connectivity index (χ2v) is 11.4. The summed E-state index contributed by atoms with van der Waals surface area (Å²) in [6, 6.07) is 25.1. The summed E-state index contributed by atoms with van der Waals surface area (Å²) in [4.78, 5) is 14.5. The van der Waals surface area contributed by atoms with Gasteiger partial charge in [0.25, 0.3) is 0 Å². The second-order valence-electron chi connectivity index (χ2n) is 11.4. The van der Waals surface area contributed by atoms with Crippen LogP contribution in [0.25, 0.3) is 33.1 Å². The molecule has 2 aliphatic rings. The highest BCUT2D eigenvalue weighted by atomic mass is 16.3. The molecule has 7 rings (SSSR count). The predicted octanol–water partition coefficient (Wildman–Crippen LogP) is 9.01. The van der Waals surface area contributed by atoms with E-state index < -0.39 is 5.41 Å². The zero-order valence-electron chi connectivity index (χ0n) is 24.0. The number of fused-ring (bicyclic) bond motifs is 3. The molecule has 2 atom stereocenters. The van der Waals surface area contributed by atoms with Gasteiger partial charge < -0.3 is 4.42 Å². The number of hydrogen-bond acceptors (Lipinski definition) is 4. The van der Waals surface area contributed by atoms with Crippen LogP contribution in [0, 0.1) is 6.92 Å². The Bertz CT molecular complexity index is 2020. The van der Waals surface area contributed by atoms with Gasteiger partial charge in [0.15, 0.2) is 11.6 Å². The molecule has 0 saturated carbocycles. The van der Waals surface area contributed by atoms with Gasteiger partial charge in [-0.25, -0.2) is 15.0 Å².